The van der Waals surface area contributed by atoms with E-state index in [2.05, 4.69) is 13.8 Å². The van der Waals surface area contributed by atoms with Gasteiger partial charge in [-0.25, -0.2) is 0 Å². The molecule has 0 unspecified atom stereocenters. The lowest BCUT2D eigenvalue weighted by Crippen LogP contribution is -2.37. The average Bonchev–Trinajstić information content (AvgIpc) is 2.99. The van der Waals surface area contributed by atoms with E-state index in [4.69, 9.17) is 29.5 Å². The summed E-state index contributed by atoms with van der Waals surface area (Å²) in [5.74, 6) is 0. The normalized spacial score (nSPS) is 11.7. The summed E-state index contributed by atoms with van der Waals surface area (Å²) in [6.07, 6.45) is 32.2. The van der Waals surface area contributed by atoms with E-state index in [-0.39, 0.29) is 0 Å². The maximum Gasteiger partial charge on any atom is 0.329 e. The van der Waals surface area contributed by atoms with Crippen LogP contribution in [0.1, 0.15) is 168 Å². The van der Waals surface area contributed by atoms with E-state index in [9.17, 15) is 4.89 Å². The minimum absolute atomic E-state index is 0.406. The van der Waals surface area contributed by atoms with Crippen LogP contribution in [0.3, 0.4) is 0 Å². The van der Waals surface area contributed by atoms with Gasteiger partial charge in [-0.15, -0.1) is 0 Å². The van der Waals surface area contributed by atoms with E-state index in [0.29, 0.717) is 13.2 Å². The molecule has 0 aromatic heterocycles. The fourth-order valence-electron chi connectivity index (χ4n) is 4.51. The van der Waals surface area contributed by atoms with Crippen molar-refractivity contribution in [2.75, 3.05) is 39.6 Å². The van der Waals surface area contributed by atoms with E-state index in [1.54, 1.807) is 0 Å². The fraction of sp³-hybridized carbons (Fsp3) is 1.00. The fourth-order valence-corrected chi connectivity index (χ4v) is 5.15. The van der Waals surface area contributed by atoms with E-state index >= 15 is 0 Å². The molecule has 0 aromatic carbocycles. The molecule has 0 aliphatic heterocycles. The number of hydrogen-bond donors (Lipinski definition) is 5. The SMILES string of the molecule is CCCCCCCCCCCCCCOP(O)OCCCCCCCCCCCCCC.OCC(CO)(CO)CO. The Bertz CT molecular complexity index is 419. The van der Waals surface area contributed by atoms with Gasteiger partial charge in [-0.05, 0) is 12.8 Å². The van der Waals surface area contributed by atoms with Crippen LogP contribution in [-0.4, -0.2) is 65.0 Å². The highest BCUT2D eigenvalue weighted by Crippen LogP contribution is 2.33. The minimum atomic E-state index is -1.66. The molecule has 0 rings (SSSR count). The predicted molar refractivity (Wildman–Crippen MR) is 174 cm³/mol. The standard InChI is InChI=1S/C28H59O3P.C5H12O4/c1-3-5-7-9-11-13-15-17-19-21-23-25-27-30-32(29)31-28-26-24-22-20-18-16-14-12-10-8-6-4-2;6-1-5(2-7,3-8)4-9/h29H,3-28H2,1-2H3;6-9H,1-4H2. The monoisotopic (exact) mass is 610 g/mol. The van der Waals surface area contributed by atoms with Gasteiger partial charge in [0.15, 0.2) is 0 Å². The summed E-state index contributed by atoms with van der Waals surface area (Å²) >= 11 is 0. The molecule has 8 heteroatoms. The highest BCUT2D eigenvalue weighted by molar-refractivity contribution is 7.40. The molecule has 0 aliphatic rings. The third kappa shape index (κ3) is 32.9. The maximum atomic E-state index is 9.82. The maximum absolute atomic E-state index is 9.82. The molecule has 7 nitrogen and oxygen atoms in total. The molecule has 250 valence electrons. The Morgan fingerprint density at radius 1 is 0.390 bits per heavy atom. The van der Waals surface area contributed by atoms with E-state index in [1.165, 1.54) is 141 Å². The van der Waals surface area contributed by atoms with Crippen LogP contribution in [0.4, 0.5) is 0 Å². The van der Waals surface area contributed by atoms with E-state index in [1.807, 2.05) is 0 Å². The van der Waals surface area contributed by atoms with Crippen molar-refractivity contribution in [3.05, 3.63) is 0 Å². The quantitative estimate of drug-likeness (QED) is 0.0382. The van der Waals surface area contributed by atoms with Crippen molar-refractivity contribution in [3.63, 3.8) is 0 Å². The summed E-state index contributed by atoms with van der Waals surface area (Å²) < 4.78 is 10.9. The Morgan fingerprint density at radius 3 is 0.805 bits per heavy atom. The Balaban J connectivity index is 0. The van der Waals surface area contributed by atoms with Gasteiger partial charge in [-0.2, -0.15) is 0 Å². The molecule has 0 heterocycles. The Morgan fingerprint density at radius 2 is 0.610 bits per heavy atom. The molecule has 0 aliphatic carbocycles. The molecule has 5 N–H and O–H groups in total. The molecule has 0 aromatic rings. The first-order valence-electron chi connectivity index (χ1n) is 17.2. The smallest absolute Gasteiger partial charge is 0.329 e. The summed E-state index contributed by atoms with van der Waals surface area (Å²) in [4.78, 5) is 9.82. The molecular formula is C33H71O7P. The average molecular weight is 611 g/mol. The molecule has 0 atom stereocenters. The van der Waals surface area contributed by atoms with Gasteiger partial charge in [0.25, 0.3) is 0 Å². The summed E-state index contributed by atoms with van der Waals surface area (Å²) in [6, 6.07) is 0. The van der Waals surface area contributed by atoms with Crippen molar-refractivity contribution >= 4 is 8.60 Å². The Kier molecular flexibility index (Phi) is 38.4. The zero-order valence-electron chi connectivity index (χ0n) is 27.2. The molecule has 0 saturated carbocycles. The molecule has 0 bridgehead atoms. The van der Waals surface area contributed by atoms with Gasteiger partial charge in [-0.3, -0.25) is 0 Å². The van der Waals surface area contributed by atoms with Crippen molar-refractivity contribution < 1.29 is 34.4 Å². The summed E-state index contributed by atoms with van der Waals surface area (Å²) in [5, 5.41) is 34.0. The third-order valence-corrected chi connectivity index (χ3v) is 8.55. The predicted octanol–water partition coefficient (Wildman–Crippen LogP) is 8.58. The number of rotatable bonds is 32. The van der Waals surface area contributed by atoms with E-state index in [0.717, 1.165) is 12.8 Å². The lowest BCUT2D eigenvalue weighted by atomic mass is 9.93. The first kappa shape index (κ1) is 43.3. The van der Waals surface area contributed by atoms with Gasteiger partial charge in [0.2, 0.25) is 0 Å². The largest absolute Gasteiger partial charge is 0.396 e. The minimum Gasteiger partial charge on any atom is -0.396 e. The van der Waals surface area contributed by atoms with Crippen LogP contribution in [0.15, 0.2) is 0 Å². The third-order valence-electron chi connectivity index (χ3n) is 7.74. The van der Waals surface area contributed by atoms with Crippen molar-refractivity contribution in [3.8, 4) is 0 Å². The zero-order chi connectivity index (χ0) is 30.7. The molecule has 0 amide bonds. The van der Waals surface area contributed by atoms with E-state index < -0.39 is 40.4 Å². The van der Waals surface area contributed by atoms with Crippen LogP contribution in [0.2, 0.25) is 0 Å². The summed E-state index contributed by atoms with van der Waals surface area (Å²) in [5.41, 5.74) is -1.11. The summed E-state index contributed by atoms with van der Waals surface area (Å²) in [7, 11) is -1.66. The van der Waals surface area contributed by atoms with Gasteiger partial charge >= 0.3 is 8.60 Å². The second-order valence-electron chi connectivity index (χ2n) is 11.8. The van der Waals surface area contributed by atoms with Crippen molar-refractivity contribution in [1.82, 2.24) is 0 Å². The van der Waals surface area contributed by atoms with Gasteiger partial charge in [0.05, 0.1) is 45.1 Å². The summed E-state index contributed by atoms with van der Waals surface area (Å²) in [6.45, 7) is 4.21. The van der Waals surface area contributed by atoms with Crippen LogP contribution < -0.4 is 0 Å². The number of hydrogen-bond acceptors (Lipinski definition) is 7. The lowest BCUT2D eigenvalue weighted by Gasteiger charge is -2.23. The topological polar surface area (TPSA) is 120 Å². The van der Waals surface area contributed by atoms with Gasteiger partial charge in [0.1, 0.15) is 0 Å². The van der Waals surface area contributed by atoms with Crippen LogP contribution in [0.5, 0.6) is 0 Å². The second-order valence-corrected chi connectivity index (χ2v) is 12.8. The first-order valence-corrected chi connectivity index (χ1v) is 18.4. The zero-order valence-corrected chi connectivity index (χ0v) is 28.1. The van der Waals surface area contributed by atoms with Crippen LogP contribution in [0.25, 0.3) is 0 Å². The lowest BCUT2D eigenvalue weighted by molar-refractivity contribution is -0.0328. The van der Waals surface area contributed by atoms with Crippen LogP contribution in [0, 0.1) is 5.41 Å². The Labute approximate surface area is 255 Å². The van der Waals surface area contributed by atoms with Crippen molar-refractivity contribution in [2.24, 2.45) is 5.41 Å². The highest BCUT2D eigenvalue weighted by atomic mass is 31.2. The molecule has 0 saturated heterocycles. The van der Waals surface area contributed by atoms with Crippen LogP contribution in [-0.2, 0) is 9.05 Å². The van der Waals surface area contributed by atoms with Crippen molar-refractivity contribution in [1.29, 1.82) is 0 Å². The molecule has 0 spiro atoms. The van der Waals surface area contributed by atoms with Gasteiger partial charge in [-0.1, -0.05) is 155 Å². The molecule has 0 fully saturated rings. The highest BCUT2D eigenvalue weighted by Gasteiger charge is 2.26. The van der Waals surface area contributed by atoms with Gasteiger partial charge in [0, 0.05) is 0 Å². The molecular weight excluding hydrogens is 539 g/mol. The number of unbranched alkanes of at least 4 members (excludes halogenated alkanes) is 22. The van der Waals surface area contributed by atoms with Crippen LogP contribution >= 0.6 is 8.60 Å². The first-order chi connectivity index (χ1) is 20.1. The number of aliphatic hydroxyl groups excluding tert-OH is 4. The van der Waals surface area contributed by atoms with Gasteiger partial charge < -0.3 is 34.4 Å². The van der Waals surface area contributed by atoms with Crippen molar-refractivity contribution in [2.45, 2.75) is 168 Å². The molecule has 0 radical (unpaired) electrons. The Hall–Kier alpha value is 0.150. The second kappa shape index (κ2) is 36.3. The molecule has 41 heavy (non-hydrogen) atoms. The number of aliphatic hydroxyl groups is 4.